The van der Waals surface area contributed by atoms with Crippen LogP contribution in [0.3, 0.4) is 0 Å². The average Bonchev–Trinajstić information content (AvgIpc) is 2.44. The van der Waals surface area contributed by atoms with Gasteiger partial charge in [0, 0.05) is 0 Å². The number of carbonyl (C=O) groups is 1. The van der Waals surface area contributed by atoms with Gasteiger partial charge in [0.25, 0.3) is 0 Å². The molecule has 1 fully saturated rings. The lowest BCUT2D eigenvalue weighted by atomic mass is 9.82. The highest BCUT2D eigenvalue weighted by Crippen LogP contribution is 2.43. The van der Waals surface area contributed by atoms with Gasteiger partial charge in [0.2, 0.25) is 0 Å². The van der Waals surface area contributed by atoms with Crippen LogP contribution >= 0.6 is 0 Å². The molecule has 1 aliphatic rings. The summed E-state index contributed by atoms with van der Waals surface area (Å²) >= 11 is 0. The molecule has 0 bridgehead atoms. The Bertz CT molecular complexity index is 257. The molecule has 1 saturated carbocycles. The van der Waals surface area contributed by atoms with Gasteiger partial charge in [-0.15, -0.1) is 0 Å². The second kappa shape index (κ2) is 4.74. The van der Waals surface area contributed by atoms with Gasteiger partial charge in [-0.05, 0) is 51.5 Å². The first kappa shape index (κ1) is 13.5. The number of hydrogen-bond acceptors (Lipinski definition) is 3. The van der Waals surface area contributed by atoms with E-state index < -0.39 is 5.60 Å². The largest absolute Gasteiger partial charge is 0.460 e. The maximum atomic E-state index is 11.8. The van der Waals surface area contributed by atoms with Crippen molar-refractivity contribution in [2.45, 2.75) is 59.0 Å². The lowest BCUT2D eigenvalue weighted by Crippen LogP contribution is -2.34. The van der Waals surface area contributed by atoms with Crippen LogP contribution in [0.25, 0.3) is 0 Å². The van der Waals surface area contributed by atoms with E-state index >= 15 is 0 Å². The van der Waals surface area contributed by atoms with Gasteiger partial charge in [0.15, 0.2) is 0 Å². The Morgan fingerprint density at radius 1 is 1.50 bits per heavy atom. The van der Waals surface area contributed by atoms with Gasteiger partial charge in [-0.3, -0.25) is 4.79 Å². The van der Waals surface area contributed by atoms with E-state index in [4.69, 9.17) is 10.5 Å². The molecule has 0 heterocycles. The highest BCUT2D eigenvalue weighted by molar-refractivity contribution is 5.70. The Kier molecular flexibility index (Phi) is 4.00. The molecule has 94 valence electrons. The van der Waals surface area contributed by atoms with E-state index in [2.05, 4.69) is 6.92 Å². The zero-order chi connectivity index (χ0) is 12.4. The zero-order valence-electron chi connectivity index (χ0n) is 11.0. The average molecular weight is 227 g/mol. The Morgan fingerprint density at radius 3 is 2.50 bits per heavy atom. The highest BCUT2D eigenvalue weighted by atomic mass is 16.6. The Labute approximate surface area is 98.7 Å². The molecule has 3 nitrogen and oxygen atoms in total. The van der Waals surface area contributed by atoms with Gasteiger partial charge >= 0.3 is 5.97 Å². The maximum absolute atomic E-state index is 11.8. The SMILES string of the molecule is CC1CCC(CN)(CC(=O)OC(C)(C)C)C1. The summed E-state index contributed by atoms with van der Waals surface area (Å²) in [7, 11) is 0. The van der Waals surface area contributed by atoms with Crippen molar-refractivity contribution in [3.05, 3.63) is 0 Å². The van der Waals surface area contributed by atoms with Crippen molar-refractivity contribution in [1.82, 2.24) is 0 Å². The maximum Gasteiger partial charge on any atom is 0.306 e. The molecule has 3 heteroatoms. The van der Waals surface area contributed by atoms with E-state index in [1.165, 1.54) is 6.42 Å². The minimum Gasteiger partial charge on any atom is -0.460 e. The van der Waals surface area contributed by atoms with Crippen molar-refractivity contribution in [2.75, 3.05) is 6.54 Å². The van der Waals surface area contributed by atoms with Crippen LogP contribution in [-0.4, -0.2) is 18.1 Å². The molecule has 2 atom stereocenters. The topological polar surface area (TPSA) is 52.3 Å². The van der Waals surface area contributed by atoms with E-state index in [0.29, 0.717) is 18.9 Å². The normalized spacial score (nSPS) is 30.4. The zero-order valence-corrected chi connectivity index (χ0v) is 11.0. The van der Waals surface area contributed by atoms with Gasteiger partial charge in [-0.2, -0.15) is 0 Å². The van der Waals surface area contributed by atoms with Crippen LogP contribution in [0.5, 0.6) is 0 Å². The van der Waals surface area contributed by atoms with Crippen LogP contribution in [0.1, 0.15) is 53.4 Å². The van der Waals surface area contributed by atoms with Crippen molar-refractivity contribution in [3.8, 4) is 0 Å². The minimum atomic E-state index is -0.392. The second-order valence-electron chi connectivity index (χ2n) is 6.32. The summed E-state index contributed by atoms with van der Waals surface area (Å²) in [5, 5.41) is 0. The fourth-order valence-corrected chi connectivity index (χ4v) is 2.60. The lowest BCUT2D eigenvalue weighted by Gasteiger charge is -2.28. The lowest BCUT2D eigenvalue weighted by molar-refractivity contribution is -0.157. The van der Waals surface area contributed by atoms with Gasteiger partial charge in [0.05, 0.1) is 6.42 Å². The third-order valence-corrected chi connectivity index (χ3v) is 3.32. The fraction of sp³-hybridized carbons (Fsp3) is 0.923. The molecule has 0 aliphatic heterocycles. The van der Waals surface area contributed by atoms with Crippen molar-refractivity contribution in [2.24, 2.45) is 17.1 Å². The number of rotatable bonds is 3. The van der Waals surface area contributed by atoms with Crippen LogP contribution in [0, 0.1) is 11.3 Å². The smallest absolute Gasteiger partial charge is 0.306 e. The third kappa shape index (κ3) is 3.78. The first-order valence-electron chi connectivity index (χ1n) is 6.18. The molecule has 2 N–H and O–H groups in total. The molecule has 1 aliphatic carbocycles. The van der Waals surface area contributed by atoms with E-state index in [1.54, 1.807) is 0 Å². The number of carbonyl (C=O) groups excluding carboxylic acids is 1. The number of nitrogens with two attached hydrogens (primary N) is 1. The predicted octanol–water partition coefficient (Wildman–Crippen LogP) is 2.48. The first-order chi connectivity index (χ1) is 7.26. The summed E-state index contributed by atoms with van der Waals surface area (Å²) in [6.07, 6.45) is 3.78. The Balaban J connectivity index is 2.54. The van der Waals surface area contributed by atoms with Crippen LogP contribution in [0.2, 0.25) is 0 Å². The monoisotopic (exact) mass is 227 g/mol. The molecule has 0 saturated heterocycles. The molecule has 0 aromatic heterocycles. The number of esters is 1. The van der Waals surface area contributed by atoms with Gasteiger partial charge in [-0.1, -0.05) is 13.3 Å². The second-order valence-corrected chi connectivity index (χ2v) is 6.32. The van der Waals surface area contributed by atoms with E-state index in [9.17, 15) is 4.79 Å². The van der Waals surface area contributed by atoms with E-state index in [1.807, 2.05) is 20.8 Å². The molecule has 16 heavy (non-hydrogen) atoms. The van der Waals surface area contributed by atoms with E-state index in [-0.39, 0.29) is 11.4 Å². The molecule has 0 amide bonds. The molecule has 0 aromatic carbocycles. The van der Waals surface area contributed by atoms with Crippen LogP contribution in [-0.2, 0) is 9.53 Å². The predicted molar refractivity (Wildman–Crippen MR) is 65.0 cm³/mol. The Hall–Kier alpha value is -0.570. The standard InChI is InChI=1S/C13H25NO2/c1-10-5-6-13(7-10,9-14)8-11(15)16-12(2,3)4/h10H,5-9,14H2,1-4H3. The highest BCUT2D eigenvalue weighted by Gasteiger charge is 2.39. The van der Waals surface area contributed by atoms with Gasteiger partial charge in [-0.25, -0.2) is 0 Å². The number of hydrogen-bond donors (Lipinski definition) is 1. The van der Waals surface area contributed by atoms with Crippen molar-refractivity contribution in [1.29, 1.82) is 0 Å². The quantitative estimate of drug-likeness (QED) is 0.754. The van der Waals surface area contributed by atoms with Gasteiger partial charge < -0.3 is 10.5 Å². The summed E-state index contributed by atoms with van der Waals surface area (Å²) in [5.41, 5.74) is 5.45. The summed E-state index contributed by atoms with van der Waals surface area (Å²) < 4.78 is 5.37. The molecule has 0 spiro atoms. The van der Waals surface area contributed by atoms with Gasteiger partial charge in [0.1, 0.15) is 5.60 Å². The van der Waals surface area contributed by atoms with Crippen molar-refractivity contribution < 1.29 is 9.53 Å². The fourth-order valence-electron chi connectivity index (χ4n) is 2.60. The summed E-state index contributed by atoms with van der Waals surface area (Å²) in [6.45, 7) is 8.52. The molecule has 0 aromatic rings. The van der Waals surface area contributed by atoms with Crippen molar-refractivity contribution in [3.63, 3.8) is 0 Å². The van der Waals surface area contributed by atoms with E-state index in [0.717, 1.165) is 12.8 Å². The molecule has 2 unspecified atom stereocenters. The first-order valence-corrected chi connectivity index (χ1v) is 6.18. The van der Waals surface area contributed by atoms with Crippen LogP contribution in [0.15, 0.2) is 0 Å². The molecular weight excluding hydrogens is 202 g/mol. The summed E-state index contributed by atoms with van der Waals surface area (Å²) in [6, 6.07) is 0. The van der Waals surface area contributed by atoms with Crippen molar-refractivity contribution >= 4 is 5.97 Å². The summed E-state index contributed by atoms with van der Waals surface area (Å²) in [5.74, 6) is 0.582. The van der Waals surface area contributed by atoms with Crippen LogP contribution in [0.4, 0.5) is 0 Å². The summed E-state index contributed by atoms with van der Waals surface area (Å²) in [4.78, 5) is 11.8. The number of ether oxygens (including phenoxy) is 1. The Morgan fingerprint density at radius 2 is 2.12 bits per heavy atom. The molecule has 1 rings (SSSR count). The van der Waals surface area contributed by atoms with Crippen LogP contribution < -0.4 is 5.73 Å². The minimum absolute atomic E-state index is 0.00174. The molecule has 0 radical (unpaired) electrons. The third-order valence-electron chi connectivity index (χ3n) is 3.32. The molecular formula is C13H25NO2.